The highest BCUT2D eigenvalue weighted by molar-refractivity contribution is 7.18. The smallest absolute Gasteiger partial charge is 0.279 e. The first-order valence-corrected chi connectivity index (χ1v) is 10.3. The number of rotatable bonds is 3. The second-order valence-electron chi connectivity index (χ2n) is 7.29. The van der Waals surface area contributed by atoms with Gasteiger partial charge in [-0.3, -0.25) is 14.4 Å². The largest absolute Gasteiger partial charge is 0.482 e. The molecule has 0 radical (unpaired) electrons. The van der Waals surface area contributed by atoms with Gasteiger partial charge < -0.3 is 9.64 Å². The molecule has 1 aliphatic heterocycles. The van der Waals surface area contributed by atoms with Gasteiger partial charge in [0.25, 0.3) is 11.5 Å². The molecule has 3 heterocycles. The number of hydrogen-bond donors (Lipinski definition) is 0. The maximum absolute atomic E-state index is 13.0. The molecule has 0 N–H and O–H groups in total. The van der Waals surface area contributed by atoms with E-state index in [9.17, 15) is 14.4 Å². The zero-order valence-electron chi connectivity index (χ0n) is 15.8. The Morgan fingerprint density at radius 2 is 2.07 bits per heavy atom. The Hall–Kier alpha value is -3.07. The Labute approximate surface area is 169 Å². The van der Waals surface area contributed by atoms with Crippen molar-refractivity contribution in [1.82, 2.24) is 15.0 Å². The molecule has 3 aromatic rings. The molecule has 1 aliphatic carbocycles. The number of aromatic nitrogens is 3. The predicted octanol–water partition coefficient (Wildman–Crippen LogP) is 1.97. The van der Waals surface area contributed by atoms with Gasteiger partial charge in [-0.15, -0.1) is 16.4 Å². The highest BCUT2D eigenvalue weighted by Gasteiger charge is 2.24. The van der Waals surface area contributed by atoms with Crippen molar-refractivity contribution in [2.75, 3.05) is 18.6 Å². The second kappa shape index (κ2) is 6.77. The van der Waals surface area contributed by atoms with E-state index in [1.165, 1.54) is 21.1 Å². The van der Waals surface area contributed by atoms with Crippen LogP contribution in [0.2, 0.25) is 0 Å². The summed E-state index contributed by atoms with van der Waals surface area (Å²) in [5, 5.41) is 8.78. The molecule has 0 saturated heterocycles. The second-order valence-corrected chi connectivity index (χ2v) is 8.37. The van der Waals surface area contributed by atoms with E-state index >= 15 is 0 Å². The first-order chi connectivity index (χ1) is 14.0. The van der Waals surface area contributed by atoms with Gasteiger partial charge in [-0.25, -0.2) is 4.68 Å². The Kier molecular flexibility index (Phi) is 4.20. The molecule has 0 unspecified atom stereocenters. The van der Waals surface area contributed by atoms with Gasteiger partial charge in [0, 0.05) is 17.5 Å². The maximum atomic E-state index is 13.0. The third-order valence-electron chi connectivity index (χ3n) is 5.51. The predicted molar refractivity (Wildman–Crippen MR) is 108 cm³/mol. The average molecular weight is 410 g/mol. The Morgan fingerprint density at radius 3 is 2.93 bits per heavy atom. The zero-order valence-corrected chi connectivity index (χ0v) is 16.6. The van der Waals surface area contributed by atoms with Crippen molar-refractivity contribution in [2.45, 2.75) is 32.2 Å². The monoisotopic (exact) mass is 410 g/mol. The van der Waals surface area contributed by atoms with Crippen molar-refractivity contribution in [2.24, 2.45) is 0 Å². The summed E-state index contributed by atoms with van der Waals surface area (Å²) in [7, 11) is 1.64. The van der Waals surface area contributed by atoms with Crippen LogP contribution in [0.25, 0.3) is 10.2 Å². The van der Waals surface area contributed by atoms with E-state index in [0.29, 0.717) is 27.2 Å². The summed E-state index contributed by atoms with van der Waals surface area (Å²) >= 11 is 1.53. The summed E-state index contributed by atoms with van der Waals surface area (Å²) in [6.45, 7) is -0.226. The van der Waals surface area contributed by atoms with Crippen LogP contribution in [0.4, 0.5) is 5.69 Å². The van der Waals surface area contributed by atoms with Gasteiger partial charge in [0.15, 0.2) is 17.2 Å². The summed E-state index contributed by atoms with van der Waals surface area (Å²) in [5.41, 5.74) is 1.72. The Balaban J connectivity index is 1.48. The summed E-state index contributed by atoms with van der Waals surface area (Å²) < 4.78 is 6.53. The third-order valence-corrected chi connectivity index (χ3v) is 6.68. The van der Waals surface area contributed by atoms with E-state index < -0.39 is 0 Å². The highest BCUT2D eigenvalue weighted by atomic mass is 32.1. The molecule has 5 rings (SSSR count). The molecule has 9 heteroatoms. The molecule has 8 nitrogen and oxygen atoms in total. The minimum Gasteiger partial charge on any atom is -0.482 e. The van der Waals surface area contributed by atoms with Crippen LogP contribution in [0.5, 0.6) is 5.75 Å². The van der Waals surface area contributed by atoms with Crippen molar-refractivity contribution in [1.29, 1.82) is 0 Å². The van der Waals surface area contributed by atoms with E-state index in [1.54, 1.807) is 25.2 Å². The first-order valence-electron chi connectivity index (χ1n) is 9.47. The van der Waals surface area contributed by atoms with Gasteiger partial charge in [-0.2, -0.15) is 0 Å². The number of ether oxygens (including phenoxy) is 1. The minimum absolute atomic E-state index is 0.0211. The van der Waals surface area contributed by atoms with Crippen molar-refractivity contribution in [3.63, 3.8) is 0 Å². The number of benzene rings is 1. The molecule has 1 amide bonds. The van der Waals surface area contributed by atoms with Crippen LogP contribution in [0.1, 0.15) is 33.6 Å². The van der Waals surface area contributed by atoms with Crippen molar-refractivity contribution in [3.8, 4) is 5.75 Å². The molecular formula is C20H18N4O4S. The van der Waals surface area contributed by atoms with Gasteiger partial charge in [0.2, 0.25) is 0 Å². The average Bonchev–Trinajstić information content (AvgIpc) is 3.12. The number of carbonyl (C=O) groups excluding carboxylic acids is 2. The number of amides is 1. The van der Waals surface area contributed by atoms with E-state index in [1.807, 2.05) is 0 Å². The van der Waals surface area contributed by atoms with Gasteiger partial charge in [-0.05, 0) is 49.4 Å². The number of likely N-dealkylation sites (N-methyl/N-ethyl adjacent to an activating group) is 1. The Bertz CT molecular complexity index is 1230. The van der Waals surface area contributed by atoms with Crippen molar-refractivity contribution >= 4 is 38.9 Å². The van der Waals surface area contributed by atoms with Crippen LogP contribution in [-0.2, 0) is 24.2 Å². The van der Waals surface area contributed by atoms with Crippen LogP contribution in [0, 0.1) is 0 Å². The first kappa shape index (κ1) is 18.0. The molecule has 2 aliphatic rings. The van der Waals surface area contributed by atoms with E-state index in [2.05, 4.69) is 10.3 Å². The number of thiophene rings is 1. The van der Waals surface area contributed by atoms with Gasteiger partial charge in [0.1, 0.15) is 12.3 Å². The number of nitrogens with zero attached hydrogens (tertiary/aromatic N) is 4. The molecule has 0 spiro atoms. The Morgan fingerprint density at radius 1 is 1.24 bits per heavy atom. The summed E-state index contributed by atoms with van der Waals surface area (Å²) in [6, 6.07) is 4.91. The molecule has 0 fully saturated rings. The molecule has 0 bridgehead atoms. The summed E-state index contributed by atoms with van der Waals surface area (Å²) in [4.78, 5) is 41.0. The SMILES string of the molecule is CN1C(=O)COc2ccc(C(=O)Cn3nnc4sc5c(c4c3=O)CCCC5)cc21. The normalized spacial score (nSPS) is 15.8. The molecular weight excluding hydrogens is 392 g/mol. The molecule has 0 atom stereocenters. The quantitative estimate of drug-likeness (QED) is 0.613. The number of Topliss-reactive ketones (excluding diaryl/α,β-unsaturated/α-hetero) is 1. The number of hydrogen-bond acceptors (Lipinski definition) is 7. The molecule has 148 valence electrons. The van der Waals surface area contributed by atoms with Crippen molar-refractivity contribution in [3.05, 3.63) is 44.6 Å². The number of ketones is 1. The number of fused-ring (bicyclic) bond motifs is 4. The van der Waals surface area contributed by atoms with E-state index in [4.69, 9.17) is 4.74 Å². The lowest BCUT2D eigenvalue weighted by Gasteiger charge is -2.26. The number of anilines is 1. The summed E-state index contributed by atoms with van der Waals surface area (Å²) in [5.74, 6) is 0.0860. The van der Waals surface area contributed by atoms with Crippen LogP contribution >= 0.6 is 11.3 Å². The fraction of sp³-hybridized carbons (Fsp3) is 0.350. The van der Waals surface area contributed by atoms with Crippen LogP contribution in [0.15, 0.2) is 23.0 Å². The van der Waals surface area contributed by atoms with E-state index in [0.717, 1.165) is 35.9 Å². The maximum Gasteiger partial charge on any atom is 0.279 e. The fourth-order valence-electron chi connectivity index (χ4n) is 3.88. The minimum atomic E-state index is -0.279. The molecule has 1 aromatic carbocycles. The van der Waals surface area contributed by atoms with E-state index in [-0.39, 0.29) is 30.4 Å². The van der Waals surface area contributed by atoms with Crippen LogP contribution < -0.4 is 15.2 Å². The molecule has 29 heavy (non-hydrogen) atoms. The topological polar surface area (TPSA) is 94.4 Å². The van der Waals surface area contributed by atoms with Gasteiger partial charge in [-0.1, -0.05) is 5.21 Å². The molecule has 0 saturated carbocycles. The third kappa shape index (κ3) is 2.93. The molecule has 2 aromatic heterocycles. The number of carbonyl (C=O) groups is 2. The van der Waals surface area contributed by atoms with Gasteiger partial charge >= 0.3 is 0 Å². The highest BCUT2D eigenvalue weighted by Crippen LogP contribution is 2.34. The van der Waals surface area contributed by atoms with Crippen molar-refractivity contribution < 1.29 is 14.3 Å². The zero-order chi connectivity index (χ0) is 20.1. The lowest BCUT2D eigenvalue weighted by Crippen LogP contribution is -2.35. The number of aryl methyl sites for hydroxylation is 2. The van der Waals surface area contributed by atoms with Crippen LogP contribution in [-0.4, -0.2) is 40.3 Å². The standard InChI is InChI=1S/C20H18N4O4S/c1-23-13-8-11(6-7-15(13)28-10-17(23)26)14(25)9-24-20(27)18-12-4-2-3-5-16(12)29-19(18)21-22-24/h6-8H,2-5,9-10H2,1H3. The lowest BCUT2D eigenvalue weighted by molar-refractivity contribution is -0.120. The lowest BCUT2D eigenvalue weighted by atomic mass is 9.97. The fourth-order valence-corrected chi connectivity index (χ4v) is 5.08. The summed E-state index contributed by atoms with van der Waals surface area (Å²) in [6.07, 6.45) is 4.02. The van der Waals surface area contributed by atoms with Gasteiger partial charge in [0.05, 0.1) is 11.1 Å². The van der Waals surface area contributed by atoms with Crippen LogP contribution in [0.3, 0.4) is 0 Å².